The predicted molar refractivity (Wildman–Crippen MR) is 83.2 cm³/mol. The van der Waals surface area contributed by atoms with Gasteiger partial charge < -0.3 is 0 Å². The van der Waals surface area contributed by atoms with Crippen molar-refractivity contribution >= 4 is 38.9 Å². The number of anilines is 1. The molecule has 0 aliphatic rings. The van der Waals surface area contributed by atoms with E-state index in [1.54, 1.807) is 31.2 Å². The third-order valence-electron chi connectivity index (χ3n) is 2.79. The molecule has 0 spiro atoms. The molecule has 2 aromatic rings. The first-order valence-electron chi connectivity index (χ1n) is 5.85. The zero-order chi connectivity index (χ0) is 14.9. The number of halogens is 2. The lowest BCUT2D eigenvalue weighted by Crippen LogP contribution is -2.14. The van der Waals surface area contributed by atoms with E-state index in [1.807, 2.05) is 13.0 Å². The number of hydrogen-bond acceptors (Lipinski definition) is 2. The average molecular weight is 330 g/mol. The highest BCUT2D eigenvalue weighted by atomic mass is 35.5. The van der Waals surface area contributed by atoms with Gasteiger partial charge in [-0.1, -0.05) is 40.9 Å². The van der Waals surface area contributed by atoms with E-state index >= 15 is 0 Å². The van der Waals surface area contributed by atoms with E-state index in [-0.39, 0.29) is 10.6 Å². The largest absolute Gasteiger partial charge is 0.278 e. The van der Waals surface area contributed by atoms with Crippen LogP contribution in [0, 0.1) is 13.8 Å². The maximum absolute atomic E-state index is 12.4. The molecule has 0 aromatic heterocycles. The summed E-state index contributed by atoms with van der Waals surface area (Å²) in [5.74, 6) is 0. The fraction of sp³-hybridized carbons (Fsp3) is 0.143. The van der Waals surface area contributed by atoms with Crippen LogP contribution in [0.4, 0.5) is 5.69 Å². The minimum Gasteiger partial charge on any atom is -0.278 e. The summed E-state index contributed by atoms with van der Waals surface area (Å²) < 4.78 is 27.2. The van der Waals surface area contributed by atoms with E-state index in [0.29, 0.717) is 15.6 Å². The van der Waals surface area contributed by atoms with Crippen LogP contribution in [0.1, 0.15) is 11.1 Å². The van der Waals surface area contributed by atoms with Crippen LogP contribution in [0.15, 0.2) is 41.3 Å². The molecule has 6 heteroatoms. The SMILES string of the molecule is Cc1ccc(S(=O)(=O)Nc2cc(Cl)ccc2Cl)c(C)c1. The molecule has 0 saturated carbocycles. The average Bonchev–Trinajstić information content (AvgIpc) is 2.33. The van der Waals surface area contributed by atoms with E-state index in [2.05, 4.69) is 4.72 Å². The highest BCUT2D eigenvalue weighted by Gasteiger charge is 2.18. The second kappa shape index (κ2) is 5.64. The molecule has 0 unspecified atom stereocenters. The summed E-state index contributed by atoms with van der Waals surface area (Å²) >= 11 is 11.8. The van der Waals surface area contributed by atoms with Crippen LogP contribution in [-0.4, -0.2) is 8.42 Å². The predicted octanol–water partition coefficient (Wildman–Crippen LogP) is 4.41. The number of sulfonamides is 1. The first kappa shape index (κ1) is 15.2. The molecule has 3 nitrogen and oxygen atoms in total. The first-order valence-corrected chi connectivity index (χ1v) is 8.08. The van der Waals surface area contributed by atoms with Gasteiger partial charge in [-0.15, -0.1) is 0 Å². The van der Waals surface area contributed by atoms with Crippen LogP contribution in [0.25, 0.3) is 0 Å². The van der Waals surface area contributed by atoms with Crippen molar-refractivity contribution in [3.8, 4) is 0 Å². The van der Waals surface area contributed by atoms with Gasteiger partial charge in [0.2, 0.25) is 0 Å². The second-order valence-electron chi connectivity index (χ2n) is 4.50. The Hall–Kier alpha value is -1.23. The highest BCUT2D eigenvalue weighted by molar-refractivity contribution is 7.92. The normalized spacial score (nSPS) is 11.4. The molecule has 20 heavy (non-hydrogen) atoms. The molecule has 0 fully saturated rings. The Morgan fingerprint density at radius 1 is 1.00 bits per heavy atom. The van der Waals surface area contributed by atoms with Gasteiger partial charge in [-0.25, -0.2) is 8.42 Å². The van der Waals surface area contributed by atoms with Crippen LogP contribution in [-0.2, 0) is 10.0 Å². The van der Waals surface area contributed by atoms with Crippen molar-refractivity contribution in [2.45, 2.75) is 18.7 Å². The van der Waals surface area contributed by atoms with Crippen molar-refractivity contribution in [3.05, 3.63) is 57.6 Å². The summed E-state index contributed by atoms with van der Waals surface area (Å²) in [6, 6.07) is 9.76. The Bertz CT molecular complexity index is 758. The number of nitrogens with one attached hydrogen (secondary N) is 1. The van der Waals surface area contributed by atoms with Crippen LogP contribution in [0.2, 0.25) is 10.0 Å². The van der Waals surface area contributed by atoms with Gasteiger partial charge in [0.25, 0.3) is 10.0 Å². The molecule has 106 valence electrons. The number of benzene rings is 2. The number of hydrogen-bond donors (Lipinski definition) is 1. The van der Waals surface area contributed by atoms with Gasteiger partial charge in [-0.3, -0.25) is 4.72 Å². The zero-order valence-electron chi connectivity index (χ0n) is 10.9. The summed E-state index contributed by atoms with van der Waals surface area (Å²) in [5, 5.41) is 0.704. The Labute approximate surface area is 128 Å². The van der Waals surface area contributed by atoms with Crippen LogP contribution in [0.3, 0.4) is 0 Å². The minimum absolute atomic E-state index is 0.221. The third-order valence-corrected chi connectivity index (χ3v) is 4.88. The summed E-state index contributed by atoms with van der Waals surface area (Å²) in [4.78, 5) is 0.221. The zero-order valence-corrected chi connectivity index (χ0v) is 13.3. The lowest BCUT2D eigenvalue weighted by atomic mass is 10.2. The van der Waals surface area contributed by atoms with Gasteiger partial charge in [0.1, 0.15) is 0 Å². The number of rotatable bonds is 3. The smallest absolute Gasteiger partial charge is 0.262 e. The summed E-state index contributed by atoms with van der Waals surface area (Å²) in [6.07, 6.45) is 0. The molecule has 0 radical (unpaired) electrons. The fourth-order valence-corrected chi connectivity index (χ4v) is 3.57. The third kappa shape index (κ3) is 3.26. The molecule has 0 aliphatic heterocycles. The molecule has 2 rings (SSSR count). The molecule has 0 heterocycles. The van der Waals surface area contributed by atoms with Crippen molar-refractivity contribution in [1.82, 2.24) is 0 Å². The van der Waals surface area contributed by atoms with Crippen molar-refractivity contribution < 1.29 is 8.42 Å². The topological polar surface area (TPSA) is 46.2 Å². The summed E-state index contributed by atoms with van der Waals surface area (Å²) in [5.41, 5.74) is 1.94. The Balaban J connectivity index is 2.43. The standard InChI is InChI=1S/C14H13Cl2NO2S/c1-9-3-6-14(10(2)7-9)20(18,19)17-13-8-11(15)4-5-12(13)16/h3-8,17H,1-2H3. The van der Waals surface area contributed by atoms with Crippen molar-refractivity contribution in [2.75, 3.05) is 4.72 Å². The quantitative estimate of drug-likeness (QED) is 0.906. The van der Waals surface area contributed by atoms with Crippen molar-refractivity contribution in [2.24, 2.45) is 0 Å². The van der Waals surface area contributed by atoms with Gasteiger partial charge in [-0.05, 0) is 43.7 Å². The highest BCUT2D eigenvalue weighted by Crippen LogP contribution is 2.28. The molecule has 0 aliphatic carbocycles. The Kier molecular flexibility index (Phi) is 4.28. The minimum atomic E-state index is -3.69. The maximum Gasteiger partial charge on any atom is 0.262 e. The molecule has 0 bridgehead atoms. The molecular formula is C14H13Cl2NO2S. The molecule has 0 atom stereocenters. The lowest BCUT2D eigenvalue weighted by molar-refractivity contribution is 0.600. The van der Waals surface area contributed by atoms with Gasteiger partial charge in [0.15, 0.2) is 0 Å². The lowest BCUT2D eigenvalue weighted by Gasteiger charge is -2.12. The molecule has 0 saturated heterocycles. The van der Waals surface area contributed by atoms with Crippen LogP contribution in [0.5, 0.6) is 0 Å². The van der Waals surface area contributed by atoms with Crippen molar-refractivity contribution in [1.29, 1.82) is 0 Å². The van der Waals surface area contributed by atoms with E-state index in [1.165, 1.54) is 6.07 Å². The van der Waals surface area contributed by atoms with E-state index in [4.69, 9.17) is 23.2 Å². The van der Waals surface area contributed by atoms with Gasteiger partial charge in [-0.2, -0.15) is 0 Å². The van der Waals surface area contributed by atoms with Crippen LogP contribution >= 0.6 is 23.2 Å². The summed E-state index contributed by atoms with van der Waals surface area (Å²) in [6.45, 7) is 3.66. The van der Waals surface area contributed by atoms with Crippen LogP contribution < -0.4 is 4.72 Å². The summed E-state index contributed by atoms with van der Waals surface area (Å²) in [7, 11) is -3.69. The number of aryl methyl sites for hydroxylation is 2. The maximum atomic E-state index is 12.4. The Morgan fingerprint density at radius 3 is 2.35 bits per heavy atom. The molecule has 1 N–H and O–H groups in total. The monoisotopic (exact) mass is 329 g/mol. The van der Waals surface area contributed by atoms with E-state index in [9.17, 15) is 8.42 Å². The van der Waals surface area contributed by atoms with E-state index < -0.39 is 10.0 Å². The second-order valence-corrected chi connectivity index (χ2v) is 6.99. The molecular weight excluding hydrogens is 317 g/mol. The first-order chi connectivity index (χ1) is 9.29. The van der Waals surface area contributed by atoms with Gasteiger partial charge in [0, 0.05) is 5.02 Å². The van der Waals surface area contributed by atoms with E-state index in [0.717, 1.165) is 5.56 Å². The van der Waals surface area contributed by atoms with Gasteiger partial charge in [0.05, 0.1) is 15.6 Å². The Morgan fingerprint density at radius 2 is 1.70 bits per heavy atom. The van der Waals surface area contributed by atoms with Gasteiger partial charge >= 0.3 is 0 Å². The van der Waals surface area contributed by atoms with Crippen molar-refractivity contribution in [3.63, 3.8) is 0 Å². The molecule has 2 aromatic carbocycles. The fourth-order valence-electron chi connectivity index (χ4n) is 1.88. The molecule has 0 amide bonds.